The number of nitrogens with zero attached hydrogens (tertiary/aromatic N) is 3. The fraction of sp³-hybridized carbons (Fsp3) is 0.667. The third-order valence-corrected chi connectivity index (χ3v) is 9.47. The number of carbonyl (C=O) groups excluding carboxylic acids is 1. The summed E-state index contributed by atoms with van der Waals surface area (Å²) in [6.07, 6.45) is 3.75. The van der Waals surface area contributed by atoms with Crippen molar-refractivity contribution in [3.63, 3.8) is 0 Å². The molecule has 7 nitrogen and oxygen atoms in total. The third kappa shape index (κ3) is 4.31. The first-order valence-corrected chi connectivity index (χ1v) is 13.0. The Morgan fingerprint density at radius 3 is 2.41 bits per heavy atom. The number of sulfone groups is 1. The number of carbonyl (C=O) groups is 1. The summed E-state index contributed by atoms with van der Waals surface area (Å²) in [6, 6.07) is 5.22. The van der Waals surface area contributed by atoms with Gasteiger partial charge in [-0.25, -0.2) is 13.4 Å². The molecular formula is C24H35N3O4S. The Hall–Kier alpha value is -1.93. The van der Waals surface area contributed by atoms with Crippen LogP contribution in [0.1, 0.15) is 59.2 Å². The van der Waals surface area contributed by atoms with Crippen LogP contribution in [-0.4, -0.2) is 58.3 Å². The van der Waals surface area contributed by atoms with Gasteiger partial charge in [-0.05, 0) is 55.2 Å². The van der Waals surface area contributed by atoms with Crippen molar-refractivity contribution in [3.05, 3.63) is 24.0 Å². The van der Waals surface area contributed by atoms with Crippen molar-refractivity contribution in [1.29, 1.82) is 0 Å². The van der Waals surface area contributed by atoms with Gasteiger partial charge < -0.3 is 14.6 Å². The van der Waals surface area contributed by atoms with E-state index in [4.69, 9.17) is 4.98 Å². The Morgan fingerprint density at radius 1 is 1.22 bits per heavy atom. The van der Waals surface area contributed by atoms with Crippen LogP contribution in [0, 0.1) is 11.3 Å². The zero-order valence-electron chi connectivity index (χ0n) is 19.6. The van der Waals surface area contributed by atoms with Crippen LogP contribution in [0.3, 0.4) is 0 Å². The molecule has 1 aliphatic heterocycles. The van der Waals surface area contributed by atoms with Gasteiger partial charge in [-0.15, -0.1) is 0 Å². The minimum atomic E-state index is -3.80. The zero-order valence-corrected chi connectivity index (χ0v) is 20.4. The number of rotatable bonds is 6. The largest absolute Gasteiger partial charge is 0.395 e. The summed E-state index contributed by atoms with van der Waals surface area (Å²) in [5.74, 6) is 1.61. The predicted octanol–water partition coefficient (Wildman–Crippen LogP) is 3.18. The Morgan fingerprint density at radius 2 is 1.88 bits per heavy atom. The number of amides is 1. The lowest BCUT2D eigenvalue weighted by molar-refractivity contribution is -0.130. The monoisotopic (exact) mass is 461 g/mol. The molecule has 32 heavy (non-hydrogen) atoms. The maximum absolute atomic E-state index is 13.7. The van der Waals surface area contributed by atoms with Crippen LogP contribution >= 0.6 is 0 Å². The van der Waals surface area contributed by atoms with Crippen LogP contribution in [-0.2, 0) is 27.6 Å². The maximum atomic E-state index is 13.7. The van der Waals surface area contributed by atoms with Crippen LogP contribution in [0.25, 0.3) is 11.0 Å². The van der Waals surface area contributed by atoms with E-state index in [1.807, 2.05) is 6.07 Å². The second-order valence-electron chi connectivity index (χ2n) is 10.8. The lowest BCUT2D eigenvalue weighted by Gasteiger charge is -2.39. The minimum Gasteiger partial charge on any atom is -0.395 e. The average Bonchev–Trinajstić information content (AvgIpc) is 3.48. The third-order valence-electron chi connectivity index (χ3n) is 6.91. The number of piperidine rings is 1. The second-order valence-corrected chi connectivity index (χ2v) is 13.2. The number of hydrogen-bond donors (Lipinski definition) is 1. The number of aliphatic hydroxyl groups is 1. The number of fused-ring (bicyclic) bond motifs is 1. The SMILES string of the molecule is CC(=O)N1CCC(CO)(S(=O)(=O)c2ccc3c(c2)nc(CC(C)(C)C)n3CC2CC2)CC1. The quantitative estimate of drug-likeness (QED) is 0.713. The molecule has 1 aromatic carbocycles. The van der Waals surface area contributed by atoms with Gasteiger partial charge in [0.1, 0.15) is 10.6 Å². The minimum absolute atomic E-state index is 0.0667. The number of benzene rings is 1. The molecule has 1 N–H and O–H groups in total. The standard InChI is InChI=1S/C24H35N3O4S/c1-17(29)26-11-9-24(16-28,10-12-26)32(30,31)19-7-8-21-20(13-19)25-22(14-23(2,3)4)27(21)15-18-5-6-18/h7-8,13,18,28H,5-6,9-12,14-16H2,1-4H3. The first-order valence-electron chi connectivity index (χ1n) is 11.6. The molecule has 0 atom stereocenters. The molecular weight excluding hydrogens is 426 g/mol. The number of imidazole rings is 1. The Bertz CT molecular complexity index is 1120. The van der Waals surface area contributed by atoms with Crippen LogP contribution in [0.15, 0.2) is 23.1 Å². The molecule has 0 radical (unpaired) electrons. The van der Waals surface area contributed by atoms with Gasteiger partial charge in [0.2, 0.25) is 5.91 Å². The molecule has 2 fully saturated rings. The van der Waals surface area contributed by atoms with Gasteiger partial charge in [-0.1, -0.05) is 20.8 Å². The van der Waals surface area contributed by atoms with Crippen LogP contribution < -0.4 is 0 Å². The smallest absolute Gasteiger partial charge is 0.219 e. The molecule has 1 amide bonds. The zero-order chi connectivity index (χ0) is 23.3. The van der Waals surface area contributed by atoms with E-state index in [1.165, 1.54) is 19.8 Å². The number of aromatic nitrogens is 2. The normalized spacial score (nSPS) is 19.5. The molecule has 0 spiro atoms. The van der Waals surface area contributed by atoms with Crippen molar-refractivity contribution in [2.45, 2.75) is 76.0 Å². The Labute approximate surface area is 190 Å². The van der Waals surface area contributed by atoms with Crippen LogP contribution in [0.4, 0.5) is 0 Å². The molecule has 8 heteroatoms. The van der Waals surface area contributed by atoms with Crippen molar-refractivity contribution >= 4 is 26.8 Å². The van der Waals surface area contributed by atoms with E-state index in [-0.39, 0.29) is 29.1 Å². The number of hydrogen-bond acceptors (Lipinski definition) is 5. The molecule has 1 aromatic heterocycles. The van der Waals surface area contributed by atoms with E-state index in [2.05, 4.69) is 25.3 Å². The van der Waals surface area contributed by atoms with Crippen LogP contribution in [0.2, 0.25) is 0 Å². The van der Waals surface area contributed by atoms with E-state index in [9.17, 15) is 18.3 Å². The molecule has 1 saturated carbocycles. The first kappa shape index (κ1) is 23.2. The van der Waals surface area contributed by atoms with Crippen molar-refractivity contribution in [2.75, 3.05) is 19.7 Å². The van der Waals surface area contributed by atoms with E-state index in [1.54, 1.807) is 17.0 Å². The van der Waals surface area contributed by atoms with E-state index < -0.39 is 21.2 Å². The lowest BCUT2D eigenvalue weighted by Crippen LogP contribution is -2.52. The molecule has 1 aliphatic carbocycles. The highest BCUT2D eigenvalue weighted by Crippen LogP contribution is 2.38. The Kier molecular flexibility index (Phi) is 5.91. The van der Waals surface area contributed by atoms with Crippen molar-refractivity contribution in [1.82, 2.24) is 14.5 Å². The Balaban J connectivity index is 1.71. The molecule has 0 bridgehead atoms. The summed E-state index contributed by atoms with van der Waals surface area (Å²) < 4.78 is 28.3. The first-order chi connectivity index (χ1) is 15.0. The van der Waals surface area contributed by atoms with Crippen LogP contribution in [0.5, 0.6) is 0 Å². The maximum Gasteiger partial charge on any atom is 0.219 e. The summed E-state index contributed by atoms with van der Waals surface area (Å²) in [5, 5.41) is 10.2. The summed E-state index contributed by atoms with van der Waals surface area (Å²) >= 11 is 0. The lowest BCUT2D eigenvalue weighted by atomic mass is 9.92. The predicted molar refractivity (Wildman–Crippen MR) is 124 cm³/mol. The van der Waals surface area contributed by atoms with Gasteiger partial charge in [0.15, 0.2) is 9.84 Å². The van der Waals surface area contributed by atoms with Crippen molar-refractivity contribution in [2.24, 2.45) is 11.3 Å². The summed E-state index contributed by atoms with van der Waals surface area (Å²) in [6.45, 7) is 9.18. The highest BCUT2D eigenvalue weighted by molar-refractivity contribution is 7.92. The van der Waals surface area contributed by atoms with E-state index >= 15 is 0 Å². The van der Waals surface area contributed by atoms with Gasteiger partial charge in [0, 0.05) is 33.0 Å². The van der Waals surface area contributed by atoms with Gasteiger partial charge in [0.25, 0.3) is 0 Å². The summed E-state index contributed by atoms with van der Waals surface area (Å²) in [5.41, 5.74) is 1.74. The summed E-state index contributed by atoms with van der Waals surface area (Å²) in [7, 11) is -3.80. The fourth-order valence-corrected chi connectivity index (χ4v) is 6.59. The highest BCUT2D eigenvalue weighted by Gasteiger charge is 2.47. The number of likely N-dealkylation sites (tertiary alicyclic amines) is 1. The molecule has 2 aliphatic rings. The molecule has 176 valence electrons. The van der Waals surface area contributed by atoms with Gasteiger partial charge >= 0.3 is 0 Å². The second kappa shape index (κ2) is 8.13. The van der Waals surface area contributed by atoms with Gasteiger partial charge in [0.05, 0.1) is 22.5 Å². The van der Waals surface area contributed by atoms with Gasteiger partial charge in [-0.3, -0.25) is 4.79 Å². The molecule has 4 rings (SSSR count). The summed E-state index contributed by atoms with van der Waals surface area (Å²) in [4.78, 5) is 18.4. The van der Waals surface area contributed by atoms with Crippen molar-refractivity contribution in [3.8, 4) is 0 Å². The average molecular weight is 462 g/mol. The van der Waals surface area contributed by atoms with E-state index in [0.717, 1.165) is 24.3 Å². The number of aliphatic hydroxyl groups excluding tert-OH is 1. The molecule has 1 saturated heterocycles. The highest BCUT2D eigenvalue weighted by atomic mass is 32.2. The molecule has 2 heterocycles. The molecule has 0 unspecified atom stereocenters. The topological polar surface area (TPSA) is 92.5 Å². The van der Waals surface area contributed by atoms with E-state index in [0.29, 0.717) is 24.5 Å². The van der Waals surface area contributed by atoms with Gasteiger partial charge in [-0.2, -0.15) is 0 Å². The fourth-order valence-electron chi connectivity index (χ4n) is 4.69. The van der Waals surface area contributed by atoms with Crippen molar-refractivity contribution < 1.29 is 18.3 Å². The molecule has 2 aromatic rings.